The van der Waals surface area contributed by atoms with Gasteiger partial charge in [-0.1, -0.05) is 24.3 Å². The molecule has 0 bridgehead atoms. The van der Waals surface area contributed by atoms with Crippen LogP contribution in [0.5, 0.6) is 11.5 Å². The van der Waals surface area contributed by atoms with Crippen LogP contribution >= 0.6 is 11.8 Å². The summed E-state index contributed by atoms with van der Waals surface area (Å²) in [5.41, 5.74) is 1.20. The summed E-state index contributed by atoms with van der Waals surface area (Å²) in [6.07, 6.45) is 1.61. The molecule has 1 aliphatic heterocycles. The van der Waals surface area contributed by atoms with Gasteiger partial charge in [-0.25, -0.2) is 0 Å². The molecule has 9 heteroatoms. The molecule has 150 valence electrons. The number of thioether (sulfide) groups is 1. The number of carbonyl (C=O) groups excluding carboxylic acids is 2. The summed E-state index contributed by atoms with van der Waals surface area (Å²) >= 11 is 0.838. The van der Waals surface area contributed by atoms with Crippen molar-refractivity contribution >= 4 is 34.7 Å². The Morgan fingerprint density at radius 2 is 1.90 bits per heavy atom. The van der Waals surface area contributed by atoms with Gasteiger partial charge < -0.3 is 9.47 Å². The van der Waals surface area contributed by atoms with Crippen LogP contribution in [0.4, 0.5) is 10.5 Å². The number of non-ortho nitro benzene ring substituents is 1. The van der Waals surface area contributed by atoms with E-state index in [9.17, 15) is 19.7 Å². The van der Waals surface area contributed by atoms with Crippen LogP contribution in [0.2, 0.25) is 0 Å². The van der Waals surface area contributed by atoms with Gasteiger partial charge in [-0.2, -0.15) is 0 Å². The number of imide groups is 1. The van der Waals surface area contributed by atoms with Gasteiger partial charge in [0, 0.05) is 17.7 Å². The molecule has 29 heavy (non-hydrogen) atoms. The molecule has 0 N–H and O–H groups in total. The third-order valence-electron chi connectivity index (χ3n) is 4.17. The van der Waals surface area contributed by atoms with E-state index in [4.69, 9.17) is 9.47 Å². The van der Waals surface area contributed by atoms with Crippen LogP contribution in [0.15, 0.2) is 47.4 Å². The van der Waals surface area contributed by atoms with Crippen LogP contribution in [0.1, 0.15) is 18.1 Å². The highest BCUT2D eigenvalue weighted by molar-refractivity contribution is 8.18. The van der Waals surface area contributed by atoms with Gasteiger partial charge in [0.05, 0.1) is 30.1 Å². The molecular formula is C20H18N2O6S. The summed E-state index contributed by atoms with van der Waals surface area (Å²) in [5.74, 6) is 0.606. The molecule has 0 saturated carbocycles. The average molecular weight is 414 g/mol. The van der Waals surface area contributed by atoms with E-state index in [-0.39, 0.29) is 17.1 Å². The van der Waals surface area contributed by atoms with Crippen molar-refractivity contribution in [3.8, 4) is 11.5 Å². The summed E-state index contributed by atoms with van der Waals surface area (Å²) in [5, 5.41) is 10.4. The van der Waals surface area contributed by atoms with Crippen molar-refractivity contribution in [2.75, 3.05) is 13.7 Å². The fraction of sp³-hybridized carbons (Fsp3) is 0.200. The molecule has 1 saturated heterocycles. The zero-order chi connectivity index (χ0) is 21.0. The van der Waals surface area contributed by atoms with Gasteiger partial charge in [0.25, 0.3) is 16.8 Å². The van der Waals surface area contributed by atoms with Gasteiger partial charge in [-0.15, -0.1) is 0 Å². The monoisotopic (exact) mass is 414 g/mol. The van der Waals surface area contributed by atoms with E-state index in [1.54, 1.807) is 24.3 Å². The lowest BCUT2D eigenvalue weighted by molar-refractivity contribution is -0.384. The Labute approximate surface area is 171 Å². The smallest absolute Gasteiger partial charge is 0.293 e. The van der Waals surface area contributed by atoms with E-state index in [2.05, 4.69) is 0 Å². The third-order valence-corrected chi connectivity index (χ3v) is 5.07. The molecule has 0 radical (unpaired) electrons. The highest BCUT2D eigenvalue weighted by Gasteiger charge is 2.35. The topological polar surface area (TPSA) is 99.0 Å². The zero-order valence-electron chi connectivity index (χ0n) is 15.8. The molecule has 1 aliphatic rings. The van der Waals surface area contributed by atoms with E-state index < -0.39 is 16.1 Å². The molecule has 2 aromatic carbocycles. The van der Waals surface area contributed by atoms with Crippen LogP contribution < -0.4 is 9.47 Å². The Morgan fingerprint density at radius 3 is 2.52 bits per heavy atom. The van der Waals surface area contributed by atoms with Gasteiger partial charge in [-0.05, 0) is 36.4 Å². The van der Waals surface area contributed by atoms with Crippen molar-refractivity contribution in [3.63, 3.8) is 0 Å². The first-order valence-corrected chi connectivity index (χ1v) is 9.54. The van der Waals surface area contributed by atoms with Crippen molar-refractivity contribution < 1.29 is 24.0 Å². The van der Waals surface area contributed by atoms with E-state index in [1.807, 2.05) is 6.92 Å². The maximum Gasteiger partial charge on any atom is 0.293 e. The fourth-order valence-corrected chi connectivity index (χ4v) is 3.62. The summed E-state index contributed by atoms with van der Waals surface area (Å²) in [7, 11) is 1.53. The van der Waals surface area contributed by atoms with Crippen LogP contribution in [0.3, 0.4) is 0 Å². The summed E-state index contributed by atoms with van der Waals surface area (Å²) < 4.78 is 10.9. The second-order valence-electron chi connectivity index (χ2n) is 6.00. The number of para-hydroxylation sites is 1. The van der Waals surface area contributed by atoms with E-state index >= 15 is 0 Å². The normalized spacial score (nSPS) is 15.1. The van der Waals surface area contributed by atoms with Crippen LogP contribution in [0.25, 0.3) is 6.08 Å². The number of nitro groups is 1. The van der Waals surface area contributed by atoms with Gasteiger partial charge in [-0.3, -0.25) is 24.6 Å². The molecule has 0 spiro atoms. The predicted molar refractivity (Wildman–Crippen MR) is 109 cm³/mol. The molecule has 0 unspecified atom stereocenters. The maximum absolute atomic E-state index is 12.8. The molecule has 1 heterocycles. The molecule has 0 aliphatic carbocycles. The molecule has 1 fully saturated rings. The van der Waals surface area contributed by atoms with Crippen molar-refractivity contribution in [1.82, 2.24) is 4.90 Å². The minimum atomic E-state index is -0.503. The Kier molecular flexibility index (Phi) is 6.18. The van der Waals surface area contributed by atoms with Gasteiger partial charge in [0.1, 0.15) is 0 Å². The van der Waals surface area contributed by atoms with E-state index in [1.165, 1.54) is 31.4 Å². The number of nitrogens with zero attached hydrogens (tertiary/aromatic N) is 2. The molecule has 8 nitrogen and oxygen atoms in total. The predicted octanol–water partition coefficient (Wildman–Crippen LogP) is 4.24. The molecule has 2 aromatic rings. The molecule has 0 aromatic heterocycles. The maximum atomic E-state index is 12.8. The first-order chi connectivity index (χ1) is 13.9. The van der Waals surface area contributed by atoms with Gasteiger partial charge in [0.15, 0.2) is 11.5 Å². The Balaban J connectivity index is 1.84. The minimum Gasteiger partial charge on any atom is -0.493 e. The van der Waals surface area contributed by atoms with Crippen molar-refractivity contribution in [3.05, 3.63) is 68.6 Å². The minimum absolute atomic E-state index is 0.0381. The van der Waals surface area contributed by atoms with Crippen LogP contribution in [-0.2, 0) is 11.3 Å². The number of rotatable bonds is 7. The second-order valence-corrected chi connectivity index (χ2v) is 7.00. The SMILES string of the molecule is CCOc1c(/C=C2/SC(=O)N(Cc3ccc([N+](=O)[O-])cc3)C2=O)cccc1OC. The first kappa shape index (κ1) is 20.4. The highest BCUT2D eigenvalue weighted by Crippen LogP contribution is 2.37. The number of ether oxygens (including phenoxy) is 2. The summed E-state index contributed by atoms with van der Waals surface area (Å²) in [6, 6.07) is 11.0. The molecule has 2 amide bonds. The lowest BCUT2D eigenvalue weighted by Gasteiger charge is -2.13. The van der Waals surface area contributed by atoms with Crippen molar-refractivity contribution in [1.29, 1.82) is 0 Å². The van der Waals surface area contributed by atoms with Gasteiger partial charge in [0.2, 0.25) is 0 Å². The number of hydrogen-bond acceptors (Lipinski definition) is 7. The summed E-state index contributed by atoms with van der Waals surface area (Å²) in [6.45, 7) is 2.30. The lowest BCUT2D eigenvalue weighted by atomic mass is 10.1. The second kappa shape index (κ2) is 8.78. The molecular weight excluding hydrogens is 396 g/mol. The number of nitro benzene ring substituents is 1. The number of methoxy groups -OCH3 is 1. The first-order valence-electron chi connectivity index (χ1n) is 8.73. The fourth-order valence-electron chi connectivity index (χ4n) is 2.79. The average Bonchev–Trinajstić information content (AvgIpc) is 2.97. The number of carbonyl (C=O) groups is 2. The Hall–Kier alpha value is -3.33. The number of hydrogen-bond donors (Lipinski definition) is 0. The quantitative estimate of drug-likeness (QED) is 0.380. The van der Waals surface area contributed by atoms with Crippen LogP contribution in [-0.4, -0.2) is 34.7 Å². The van der Waals surface area contributed by atoms with Crippen molar-refractivity contribution in [2.45, 2.75) is 13.5 Å². The third kappa shape index (κ3) is 4.40. The van der Waals surface area contributed by atoms with E-state index in [0.29, 0.717) is 29.2 Å². The lowest BCUT2D eigenvalue weighted by Crippen LogP contribution is -2.27. The Bertz CT molecular complexity index is 987. The summed E-state index contributed by atoms with van der Waals surface area (Å²) in [4.78, 5) is 36.8. The van der Waals surface area contributed by atoms with Crippen molar-refractivity contribution in [2.24, 2.45) is 0 Å². The number of benzene rings is 2. The number of amides is 2. The largest absolute Gasteiger partial charge is 0.493 e. The van der Waals surface area contributed by atoms with Crippen LogP contribution in [0, 0.1) is 10.1 Å². The molecule has 0 atom stereocenters. The Morgan fingerprint density at radius 1 is 1.17 bits per heavy atom. The molecule has 3 rings (SSSR count). The standard InChI is InChI=1S/C20H18N2O6S/c1-3-28-18-14(5-4-6-16(18)27-2)11-17-19(23)21(20(24)29-17)12-13-7-9-15(10-8-13)22(25)26/h4-11H,3,12H2,1-2H3/b17-11+. The zero-order valence-corrected chi connectivity index (χ0v) is 16.6. The van der Waals surface area contributed by atoms with Gasteiger partial charge >= 0.3 is 0 Å². The highest BCUT2D eigenvalue weighted by atomic mass is 32.2. The van der Waals surface area contributed by atoms with E-state index in [0.717, 1.165) is 16.7 Å².